The Morgan fingerprint density at radius 1 is 1.50 bits per heavy atom. The van der Waals surface area contributed by atoms with Crippen LogP contribution in [0.15, 0.2) is 18.2 Å². The number of nitrogens with zero attached hydrogens (tertiary/aromatic N) is 1. The van der Waals surface area contributed by atoms with Gasteiger partial charge in [0.2, 0.25) is 0 Å². The van der Waals surface area contributed by atoms with Crippen molar-refractivity contribution in [2.45, 2.75) is 19.9 Å². The van der Waals surface area contributed by atoms with E-state index in [1.165, 1.54) is 12.1 Å². The number of hydrogen-bond acceptors (Lipinski definition) is 3. The molecule has 3 nitrogen and oxygen atoms in total. The van der Waals surface area contributed by atoms with Crippen LogP contribution in [0.1, 0.15) is 19.4 Å². The number of anilines is 1. The molecule has 0 bridgehead atoms. The zero-order chi connectivity index (χ0) is 12.1. The lowest BCUT2D eigenvalue weighted by Crippen LogP contribution is -2.34. The molecule has 0 amide bonds. The number of halogens is 1. The number of nitriles is 1. The van der Waals surface area contributed by atoms with E-state index in [-0.39, 0.29) is 6.04 Å². The zero-order valence-corrected chi connectivity index (χ0v) is 9.50. The number of benzene rings is 1. The van der Waals surface area contributed by atoms with E-state index >= 15 is 0 Å². The van der Waals surface area contributed by atoms with Gasteiger partial charge in [-0.3, -0.25) is 0 Å². The molecule has 0 aliphatic rings. The molecule has 1 aromatic carbocycles. The Balaban J connectivity index is 2.71. The number of rotatable bonds is 4. The first-order chi connectivity index (χ1) is 7.54. The van der Waals surface area contributed by atoms with Crippen LogP contribution in [0.4, 0.5) is 10.1 Å². The largest absolute Gasteiger partial charge is 0.382 e. The molecule has 0 aliphatic heterocycles. The van der Waals surface area contributed by atoms with Crippen molar-refractivity contribution in [2.75, 3.05) is 11.9 Å². The van der Waals surface area contributed by atoms with Crippen LogP contribution in [-0.2, 0) is 0 Å². The SMILES string of the molecule is CC(C)C(N)CNc1ccc(F)cc1C#N. The molecule has 0 saturated heterocycles. The smallest absolute Gasteiger partial charge is 0.124 e. The van der Waals surface area contributed by atoms with Gasteiger partial charge in [-0.15, -0.1) is 0 Å². The summed E-state index contributed by atoms with van der Waals surface area (Å²) >= 11 is 0. The molecule has 1 aromatic rings. The van der Waals surface area contributed by atoms with Gasteiger partial charge in [-0.25, -0.2) is 4.39 Å². The molecule has 0 radical (unpaired) electrons. The van der Waals surface area contributed by atoms with Crippen LogP contribution >= 0.6 is 0 Å². The van der Waals surface area contributed by atoms with Gasteiger partial charge in [0.25, 0.3) is 0 Å². The fraction of sp³-hybridized carbons (Fsp3) is 0.417. The molecule has 86 valence electrons. The van der Waals surface area contributed by atoms with E-state index in [0.29, 0.717) is 23.7 Å². The second-order valence-corrected chi connectivity index (χ2v) is 4.09. The lowest BCUT2D eigenvalue weighted by atomic mass is 10.1. The predicted molar refractivity (Wildman–Crippen MR) is 62.4 cm³/mol. The molecule has 0 heterocycles. The second-order valence-electron chi connectivity index (χ2n) is 4.09. The monoisotopic (exact) mass is 221 g/mol. The Morgan fingerprint density at radius 3 is 2.75 bits per heavy atom. The summed E-state index contributed by atoms with van der Waals surface area (Å²) in [5, 5.41) is 11.9. The minimum atomic E-state index is -0.407. The van der Waals surface area contributed by atoms with E-state index in [1.54, 1.807) is 6.07 Å². The van der Waals surface area contributed by atoms with Crippen molar-refractivity contribution >= 4 is 5.69 Å². The molecule has 4 heteroatoms. The number of hydrogen-bond donors (Lipinski definition) is 2. The molecule has 3 N–H and O–H groups in total. The van der Waals surface area contributed by atoms with E-state index in [0.717, 1.165) is 0 Å². The van der Waals surface area contributed by atoms with Crippen molar-refractivity contribution in [1.82, 2.24) is 0 Å². The maximum Gasteiger partial charge on any atom is 0.124 e. The van der Waals surface area contributed by atoms with E-state index < -0.39 is 5.82 Å². The van der Waals surface area contributed by atoms with Gasteiger partial charge in [0.1, 0.15) is 11.9 Å². The average molecular weight is 221 g/mol. The molecular formula is C12H16FN3. The predicted octanol–water partition coefficient (Wildman–Crippen LogP) is 2.09. The van der Waals surface area contributed by atoms with Gasteiger partial charge in [-0.1, -0.05) is 13.8 Å². The van der Waals surface area contributed by atoms with Crippen molar-refractivity contribution in [3.8, 4) is 6.07 Å². The van der Waals surface area contributed by atoms with Crippen LogP contribution in [-0.4, -0.2) is 12.6 Å². The second kappa shape index (κ2) is 5.47. The highest BCUT2D eigenvalue weighted by atomic mass is 19.1. The summed E-state index contributed by atoms with van der Waals surface area (Å²) in [5.41, 5.74) is 6.79. The summed E-state index contributed by atoms with van der Waals surface area (Å²) in [5.74, 6) is -0.0475. The molecule has 1 rings (SSSR count). The molecule has 1 unspecified atom stereocenters. The van der Waals surface area contributed by atoms with Crippen LogP contribution in [0, 0.1) is 23.1 Å². The van der Waals surface area contributed by atoms with Gasteiger partial charge in [0, 0.05) is 12.6 Å². The summed E-state index contributed by atoms with van der Waals surface area (Å²) in [6.45, 7) is 4.63. The van der Waals surface area contributed by atoms with Gasteiger partial charge < -0.3 is 11.1 Å². The van der Waals surface area contributed by atoms with E-state index in [2.05, 4.69) is 5.32 Å². The zero-order valence-electron chi connectivity index (χ0n) is 9.50. The fourth-order valence-electron chi connectivity index (χ4n) is 1.23. The highest BCUT2D eigenvalue weighted by molar-refractivity contribution is 5.57. The average Bonchev–Trinajstić information content (AvgIpc) is 2.26. The van der Waals surface area contributed by atoms with Gasteiger partial charge in [0.15, 0.2) is 0 Å². The maximum absolute atomic E-state index is 12.9. The van der Waals surface area contributed by atoms with Gasteiger partial charge in [0.05, 0.1) is 11.3 Å². The Bertz CT molecular complexity index is 396. The molecule has 16 heavy (non-hydrogen) atoms. The van der Waals surface area contributed by atoms with Gasteiger partial charge >= 0.3 is 0 Å². The van der Waals surface area contributed by atoms with Crippen LogP contribution in [0.5, 0.6) is 0 Å². The van der Waals surface area contributed by atoms with E-state index in [1.807, 2.05) is 19.9 Å². The summed E-state index contributed by atoms with van der Waals surface area (Å²) in [6, 6.07) is 6.05. The van der Waals surface area contributed by atoms with Crippen molar-refractivity contribution in [1.29, 1.82) is 5.26 Å². The summed E-state index contributed by atoms with van der Waals surface area (Å²) in [4.78, 5) is 0. The third-order valence-electron chi connectivity index (χ3n) is 2.49. The van der Waals surface area contributed by atoms with Crippen molar-refractivity contribution in [3.63, 3.8) is 0 Å². The first-order valence-corrected chi connectivity index (χ1v) is 5.23. The molecule has 0 fully saturated rings. The van der Waals surface area contributed by atoms with E-state index in [9.17, 15) is 4.39 Å². The van der Waals surface area contributed by atoms with Crippen LogP contribution < -0.4 is 11.1 Å². The van der Waals surface area contributed by atoms with Crippen molar-refractivity contribution in [2.24, 2.45) is 11.7 Å². The molecule has 0 aliphatic carbocycles. The van der Waals surface area contributed by atoms with Crippen LogP contribution in [0.2, 0.25) is 0 Å². The van der Waals surface area contributed by atoms with Crippen molar-refractivity contribution in [3.05, 3.63) is 29.6 Å². The summed E-state index contributed by atoms with van der Waals surface area (Å²) in [6.07, 6.45) is 0. The maximum atomic E-state index is 12.9. The lowest BCUT2D eigenvalue weighted by Gasteiger charge is -2.17. The molecule has 1 atom stereocenters. The van der Waals surface area contributed by atoms with Crippen molar-refractivity contribution < 1.29 is 4.39 Å². The topological polar surface area (TPSA) is 61.8 Å². The third-order valence-corrected chi connectivity index (χ3v) is 2.49. The first-order valence-electron chi connectivity index (χ1n) is 5.23. The Labute approximate surface area is 95.1 Å². The van der Waals surface area contributed by atoms with Crippen LogP contribution in [0.3, 0.4) is 0 Å². The molecule has 0 spiro atoms. The first kappa shape index (κ1) is 12.5. The Morgan fingerprint density at radius 2 is 2.19 bits per heavy atom. The normalized spacial score (nSPS) is 12.2. The highest BCUT2D eigenvalue weighted by Crippen LogP contribution is 2.16. The summed E-state index contributed by atoms with van der Waals surface area (Å²) in [7, 11) is 0. The van der Waals surface area contributed by atoms with E-state index in [4.69, 9.17) is 11.0 Å². The minimum Gasteiger partial charge on any atom is -0.382 e. The molecule has 0 saturated carbocycles. The lowest BCUT2D eigenvalue weighted by molar-refractivity contribution is 0.511. The summed E-state index contributed by atoms with van der Waals surface area (Å²) < 4.78 is 12.9. The van der Waals surface area contributed by atoms with Crippen LogP contribution in [0.25, 0.3) is 0 Å². The number of nitrogens with one attached hydrogen (secondary N) is 1. The minimum absolute atomic E-state index is 0.0107. The quantitative estimate of drug-likeness (QED) is 0.818. The standard InChI is InChI=1S/C12H16FN3/c1-8(2)11(15)7-16-12-4-3-10(13)5-9(12)6-14/h3-5,8,11,16H,7,15H2,1-2H3. The Kier molecular flexibility index (Phi) is 4.27. The molecule has 0 aromatic heterocycles. The van der Waals surface area contributed by atoms with Gasteiger partial charge in [-0.2, -0.15) is 5.26 Å². The Hall–Kier alpha value is -1.60. The third kappa shape index (κ3) is 3.21. The highest BCUT2D eigenvalue weighted by Gasteiger charge is 2.09. The van der Waals surface area contributed by atoms with Gasteiger partial charge in [-0.05, 0) is 24.1 Å². The molecular weight excluding hydrogens is 205 g/mol. The fourth-order valence-corrected chi connectivity index (χ4v) is 1.23. The number of nitrogens with two attached hydrogens (primary N) is 1.